The molecule has 3 aromatic rings. The highest BCUT2D eigenvalue weighted by atomic mass is 19.4. The number of carbonyl (C=O) groups is 2. The van der Waals surface area contributed by atoms with Crippen LogP contribution >= 0.6 is 0 Å². The number of primary amides is 1. The number of amidine groups is 1. The molecule has 2 saturated carbocycles. The van der Waals surface area contributed by atoms with Crippen molar-refractivity contribution >= 4 is 23.3 Å². The molecule has 7 rings (SSSR count). The van der Waals surface area contributed by atoms with Crippen molar-refractivity contribution in [3.8, 4) is 16.9 Å². The summed E-state index contributed by atoms with van der Waals surface area (Å²) in [6.07, 6.45) is -0.147. The van der Waals surface area contributed by atoms with Crippen LogP contribution in [0.1, 0.15) is 85.0 Å². The van der Waals surface area contributed by atoms with Gasteiger partial charge in [0.25, 0.3) is 5.91 Å². The van der Waals surface area contributed by atoms with Crippen LogP contribution in [-0.2, 0) is 22.2 Å². The van der Waals surface area contributed by atoms with E-state index in [-0.39, 0.29) is 35.9 Å². The molecule has 1 spiro atoms. The molecule has 0 radical (unpaired) electrons. The summed E-state index contributed by atoms with van der Waals surface area (Å²) >= 11 is 0. The van der Waals surface area contributed by atoms with Gasteiger partial charge in [-0.05, 0) is 82.2 Å². The predicted octanol–water partition coefficient (Wildman–Crippen LogP) is 5.07. The van der Waals surface area contributed by atoms with Crippen molar-refractivity contribution in [2.45, 2.75) is 89.0 Å². The number of nitrogens with zero attached hydrogens (tertiary/aromatic N) is 5. The quantitative estimate of drug-likeness (QED) is 0.321. The number of aliphatic imine (C=N–C) groups is 1. The highest BCUT2D eigenvalue weighted by Gasteiger charge is 2.47. The molecule has 252 valence electrons. The highest BCUT2D eigenvalue weighted by molar-refractivity contribution is 6.16. The van der Waals surface area contributed by atoms with Gasteiger partial charge < -0.3 is 20.7 Å². The van der Waals surface area contributed by atoms with Gasteiger partial charge in [0.05, 0.1) is 23.9 Å². The van der Waals surface area contributed by atoms with E-state index in [9.17, 15) is 22.8 Å². The van der Waals surface area contributed by atoms with Gasteiger partial charge >= 0.3 is 6.18 Å². The van der Waals surface area contributed by atoms with E-state index in [2.05, 4.69) is 20.3 Å². The van der Waals surface area contributed by atoms with Crippen molar-refractivity contribution in [2.75, 3.05) is 18.0 Å². The Morgan fingerprint density at radius 3 is 2.33 bits per heavy atom. The minimum absolute atomic E-state index is 0.0740. The van der Waals surface area contributed by atoms with Gasteiger partial charge in [0.2, 0.25) is 5.91 Å². The third-order valence-corrected chi connectivity index (χ3v) is 9.64. The molecule has 48 heavy (non-hydrogen) atoms. The number of ether oxygens (including phenoxy) is 1. The van der Waals surface area contributed by atoms with E-state index in [1.807, 2.05) is 11.0 Å². The van der Waals surface area contributed by atoms with E-state index in [1.165, 1.54) is 12.1 Å². The maximum Gasteiger partial charge on any atom is 0.433 e. The van der Waals surface area contributed by atoms with Crippen LogP contribution < -0.4 is 20.7 Å². The number of piperidine rings is 1. The van der Waals surface area contributed by atoms with Crippen molar-refractivity contribution in [1.29, 1.82) is 0 Å². The largest absolute Gasteiger partial charge is 0.485 e. The fraction of sp³-hybridized carbons (Fsp3) is 0.471. The van der Waals surface area contributed by atoms with Crippen molar-refractivity contribution in [3.05, 3.63) is 64.2 Å². The molecule has 1 saturated heterocycles. The molecule has 2 aliphatic heterocycles. The number of nitrogens with two attached hydrogens (primary N) is 1. The molecular weight excluding hydrogens is 630 g/mol. The normalized spacial score (nSPS) is 19.2. The number of halogens is 4. The van der Waals surface area contributed by atoms with E-state index in [4.69, 9.17) is 15.5 Å². The van der Waals surface area contributed by atoms with E-state index in [1.54, 1.807) is 13.8 Å². The van der Waals surface area contributed by atoms with Crippen molar-refractivity contribution in [2.24, 2.45) is 10.7 Å². The molecule has 4 aliphatic rings. The zero-order chi connectivity index (χ0) is 34.0. The number of nitrogens with one attached hydrogen (secondary N) is 1. The van der Waals surface area contributed by atoms with Gasteiger partial charge in [-0.1, -0.05) is 6.42 Å². The van der Waals surface area contributed by atoms with Gasteiger partial charge in [-0.25, -0.2) is 19.3 Å². The first-order chi connectivity index (χ1) is 22.8. The third kappa shape index (κ3) is 5.96. The van der Waals surface area contributed by atoms with Gasteiger partial charge in [-0.15, -0.1) is 0 Å². The number of aryl methyl sites for hydroxylation is 2. The van der Waals surface area contributed by atoms with Crippen molar-refractivity contribution < 1.29 is 31.9 Å². The number of pyridine rings is 1. The van der Waals surface area contributed by atoms with Gasteiger partial charge in [0.15, 0.2) is 11.6 Å². The molecule has 3 fully saturated rings. The summed E-state index contributed by atoms with van der Waals surface area (Å²) in [5, 5.41) is 2.84. The smallest absolute Gasteiger partial charge is 0.433 e. The molecule has 2 aromatic heterocycles. The van der Waals surface area contributed by atoms with Crippen LogP contribution in [-0.4, -0.2) is 57.3 Å². The van der Waals surface area contributed by atoms with Gasteiger partial charge in [-0.2, -0.15) is 13.2 Å². The first-order valence-electron chi connectivity index (χ1n) is 16.2. The Morgan fingerprint density at radius 2 is 1.75 bits per heavy atom. The van der Waals surface area contributed by atoms with Gasteiger partial charge in [-0.3, -0.25) is 14.6 Å². The number of amides is 2. The number of hydrogen-bond donors (Lipinski definition) is 2. The number of alkyl halides is 3. The molecule has 4 heterocycles. The van der Waals surface area contributed by atoms with Crippen LogP contribution in [0.2, 0.25) is 0 Å². The summed E-state index contributed by atoms with van der Waals surface area (Å²) in [5.74, 6) is -0.852. The first-order valence-corrected chi connectivity index (χ1v) is 16.2. The Hall–Kier alpha value is -4.62. The topological polar surface area (TPSA) is 136 Å². The molecule has 0 bridgehead atoms. The maximum atomic E-state index is 15.9. The molecule has 10 nitrogen and oxygen atoms in total. The molecule has 0 unspecified atom stereocenters. The molecule has 2 aliphatic carbocycles. The summed E-state index contributed by atoms with van der Waals surface area (Å²) in [6, 6.07) is 5.54. The summed E-state index contributed by atoms with van der Waals surface area (Å²) < 4.78 is 62.5. The molecule has 1 aromatic carbocycles. The number of carbonyl (C=O) groups excluding carboxylic acids is 2. The molecule has 14 heteroatoms. The molecular formula is C34H35F4N7O3. The summed E-state index contributed by atoms with van der Waals surface area (Å²) in [4.78, 5) is 44.6. The lowest BCUT2D eigenvalue weighted by Crippen LogP contribution is -2.49. The Labute approximate surface area is 274 Å². The third-order valence-electron chi connectivity index (χ3n) is 9.64. The van der Waals surface area contributed by atoms with Crippen LogP contribution in [0, 0.1) is 19.7 Å². The molecule has 3 N–H and O–H groups in total. The predicted molar refractivity (Wildman–Crippen MR) is 168 cm³/mol. The Kier molecular flexibility index (Phi) is 7.86. The summed E-state index contributed by atoms with van der Waals surface area (Å²) in [7, 11) is 0. The molecule has 0 atom stereocenters. The van der Waals surface area contributed by atoms with Crippen LogP contribution in [0.15, 0.2) is 29.3 Å². The van der Waals surface area contributed by atoms with Gasteiger partial charge in [0, 0.05) is 41.5 Å². The van der Waals surface area contributed by atoms with Crippen molar-refractivity contribution in [1.82, 2.24) is 20.3 Å². The van der Waals surface area contributed by atoms with Crippen LogP contribution in [0.5, 0.6) is 5.75 Å². The SMILES string of the molecule is Cc1nc(CC(N)=O)nc(C)c1-c1cc(F)c(OC2CC2)c(N2CCC3(CC2)N=C(c2ccc(C(F)(F)F)nc2C2CCC2)NC3=O)c1. The maximum absolute atomic E-state index is 15.9. The Morgan fingerprint density at radius 1 is 1.06 bits per heavy atom. The lowest BCUT2D eigenvalue weighted by atomic mass is 9.80. The van der Waals surface area contributed by atoms with Gasteiger partial charge in [0.1, 0.15) is 22.9 Å². The lowest BCUT2D eigenvalue weighted by Gasteiger charge is -2.37. The fourth-order valence-electron chi connectivity index (χ4n) is 6.79. The molecule has 2 amide bonds. The zero-order valence-corrected chi connectivity index (χ0v) is 26.6. The number of benzene rings is 1. The van der Waals surface area contributed by atoms with Crippen molar-refractivity contribution in [3.63, 3.8) is 0 Å². The number of rotatable bonds is 8. The lowest BCUT2D eigenvalue weighted by molar-refractivity contribution is -0.141. The zero-order valence-electron chi connectivity index (χ0n) is 26.6. The summed E-state index contributed by atoms with van der Waals surface area (Å²) in [6.45, 7) is 4.23. The number of hydrogen-bond acceptors (Lipinski definition) is 8. The second kappa shape index (κ2) is 11.8. The monoisotopic (exact) mass is 665 g/mol. The van der Waals surface area contributed by atoms with E-state index in [0.29, 0.717) is 71.2 Å². The minimum atomic E-state index is -4.58. The summed E-state index contributed by atoms with van der Waals surface area (Å²) in [5.41, 5.74) is 6.85. The Bertz CT molecular complexity index is 1820. The second-order valence-electron chi connectivity index (χ2n) is 13.1. The van der Waals surface area contributed by atoms with Crippen LogP contribution in [0.3, 0.4) is 0 Å². The average molecular weight is 666 g/mol. The second-order valence-corrected chi connectivity index (χ2v) is 13.1. The highest BCUT2D eigenvalue weighted by Crippen LogP contribution is 2.44. The van der Waals surface area contributed by atoms with E-state index in [0.717, 1.165) is 38.2 Å². The minimum Gasteiger partial charge on any atom is -0.485 e. The van der Waals surface area contributed by atoms with Crippen LogP contribution in [0.25, 0.3) is 11.1 Å². The van der Waals surface area contributed by atoms with E-state index < -0.39 is 29.1 Å². The number of aromatic nitrogens is 3. The van der Waals surface area contributed by atoms with E-state index >= 15 is 4.39 Å². The standard InChI is InChI=1S/C34H35F4N7O3/c1-17-28(18(2)41-27(40-17)16-26(39)46)20-14-23(35)30(48-21-6-7-21)24(15-20)45-12-10-33(11-13-45)32(47)43-31(44-33)22-8-9-25(34(36,37)38)42-29(22)19-4-3-5-19/h8-9,14-15,19,21H,3-7,10-13,16H2,1-2H3,(H2,39,46)(H,43,44,47). The number of anilines is 1. The average Bonchev–Trinajstić information content (AvgIpc) is 3.75. The fourth-order valence-corrected chi connectivity index (χ4v) is 6.79. The van der Waals surface area contributed by atoms with Crippen LogP contribution in [0.4, 0.5) is 23.2 Å². The Balaban J connectivity index is 1.19. The first kappa shape index (κ1) is 32.0.